The highest BCUT2D eigenvalue weighted by Gasteiger charge is 2.30. The van der Waals surface area contributed by atoms with Crippen molar-refractivity contribution in [2.75, 3.05) is 13.1 Å². The maximum atomic E-state index is 12.9. The smallest absolute Gasteiger partial charge is 0.291 e. The molecule has 1 aliphatic rings. The number of nitrogens with zero attached hydrogens (tertiary/aromatic N) is 1. The molecule has 1 unspecified atom stereocenters. The van der Waals surface area contributed by atoms with E-state index >= 15 is 0 Å². The standard InChI is InChI=1S/C18H23BrF3N.BrH/c1-2-6-14(10-12-23-11-4-3-9-17(23)19)15-7-5-8-16(13-15)18(20,21)22;/h5-8,13,17H,2-4,9-12H2,1H3;1H. The molecule has 0 aliphatic carbocycles. The molecule has 24 heavy (non-hydrogen) atoms. The Morgan fingerprint density at radius 3 is 2.71 bits per heavy atom. The van der Waals surface area contributed by atoms with Crippen molar-refractivity contribution in [2.45, 2.75) is 50.2 Å². The summed E-state index contributed by atoms with van der Waals surface area (Å²) >= 11 is 3.70. The molecule has 0 spiro atoms. The summed E-state index contributed by atoms with van der Waals surface area (Å²) in [6, 6.07) is 5.67. The van der Waals surface area contributed by atoms with Crippen LogP contribution >= 0.6 is 32.9 Å². The fraction of sp³-hybridized carbons (Fsp3) is 0.556. The summed E-state index contributed by atoms with van der Waals surface area (Å²) in [7, 11) is 0. The lowest BCUT2D eigenvalue weighted by Crippen LogP contribution is -2.36. The van der Waals surface area contributed by atoms with Gasteiger partial charge >= 0.3 is 6.18 Å². The van der Waals surface area contributed by atoms with Gasteiger partial charge < -0.3 is 0 Å². The minimum atomic E-state index is -4.29. The molecule has 1 heterocycles. The first-order valence-corrected chi connectivity index (χ1v) is 9.08. The van der Waals surface area contributed by atoms with Crippen molar-refractivity contribution in [3.8, 4) is 0 Å². The van der Waals surface area contributed by atoms with Gasteiger partial charge in [0.15, 0.2) is 0 Å². The van der Waals surface area contributed by atoms with Gasteiger partial charge in [-0.2, -0.15) is 13.2 Å². The third-order valence-electron chi connectivity index (χ3n) is 4.21. The number of likely N-dealkylation sites (tertiary alicyclic amines) is 1. The second-order valence-corrected chi connectivity index (χ2v) is 6.99. The van der Waals surface area contributed by atoms with Gasteiger partial charge in [-0.3, -0.25) is 4.90 Å². The molecule has 0 radical (unpaired) electrons. The van der Waals surface area contributed by atoms with E-state index in [1.165, 1.54) is 25.0 Å². The van der Waals surface area contributed by atoms with E-state index in [0.29, 0.717) is 10.5 Å². The first-order valence-electron chi connectivity index (χ1n) is 8.16. The molecule has 136 valence electrons. The molecule has 0 aromatic heterocycles. The molecule has 1 atom stereocenters. The summed E-state index contributed by atoms with van der Waals surface area (Å²) in [5.74, 6) is 0. The van der Waals surface area contributed by atoms with Crippen molar-refractivity contribution < 1.29 is 13.2 Å². The van der Waals surface area contributed by atoms with E-state index in [1.807, 2.05) is 13.0 Å². The van der Waals surface area contributed by atoms with Crippen LogP contribution < -0.4 is 0 Å². The monoisotopic (exact) mass is 469 g/mol. The predicted molar refractivity (Wildman–Crippen MR) is 103 cm³/mol. The Balaban J connectivity index is 0.00000288. The number of rotatable bonds is 5. The van der Waals surface area contributed by atoms with Gasteiger partial charge in [0.25, 0.3) is 0 Å². The molecule has 1 saturated heterocycles. The van der Waals surface area contributed by atoms with Crippen molar-refractivity contribution >= 4 is 38.5 Å². The lowest BCUT2D eigenvalue weighted by atomic mass is 9.98. The summed E-state index contributed by atoms with van der Waals surface area (Å²) in [4.78, 5) is 2.77. The number of hydrogen-bond donors (Lipinski definition) is 0. The van der Waals surface area contributed by atoms with Crippen molar-refractivity contribution in [3.63, 3.8) is 0 Å². The van der Waals surface area contributed by atoms with Crippen molar-refractivity contribution in [1.82, 2.24) is 4.90 Å². The van der Waals surface area contributed by atoms with Gasteiger partial charge in [0.2, 0.25) is 0 Å². The molecular formula is C18H24Br2F3N. The zero-order valence-electron chi connectivity index (χ0n) is 13.8. The maximum absolute atomic E-state index is 12.9. The summed E-state index contributed by atoms with van der Waals surface area (Å²) in [6.45, 7) is 3.94. The fourth-order valence-corrected chi connectivity index (χ4v) is 3.71. The Hall–Kier alpha value is -0.330. The van der Waals surface area contributed by atoms with Gasteiger partial charge in [0.1, 0.15) is 0 Å². The summed E-state index contributed by atoms with van der Waals surface area (Å²) in [5, 5.41) is 0. The Morgan fingerprint density at radius 2 is 2.08 bits per heavy atom. The second kappa shape index (κ2) is 9.97. The first-order chi connectivity index (χ1) is 10.9. The number of alkyl halides is 4. The van der Waals surface area contributed by atoms with E-state index in [1.54, 1.807) is 6.07 Å². The highest BCUT2D eigenvalue weighted by atomic mass is 79.9. The van der Waals surface area contributed by atoms with Crippen LogP contribution in [0.15, 0.2) is 30.3 Å². The van der Waals surface area contributed by atoms with Crippen molar-refractivity contribution in [2.24, 2.45) is 0 Å². The van der Waals surface area contributed by atoms with E-state index in [-0.39, 0.29) is 17.0 Å². The van der Waals surface area contributed by atoms with Crippen LogP contribution in [0.2, 0.25) is 0 Å². The van der Waals surface area contributed by atoms with E-state index in [0.717, 1.165) is 44.0 Å². The summed E-state index contributed by atoms with van der Waals surface area (Å²) < 4.78 is 38.7. The Bertz CT molecular complexity index is 543. The molecule has 1 fully saturated rings. The minimum Gasteiger partial charge on any atom is -0.291 e. The van der Waals surface area contributed by atoms with Crippen LogP contribution in [0, 0.1) is 0 Å². The molecule has 1 aromatic rings. The maximum Gasteiger partial charge on any atom is 0.416 e. The summed E-state index contributed by atoms with van der Waals surface area (Å²) in [6.07, 6.45) is 2.91. The number of halogens is 5. The average Bonchev–Trinajstić information content (AvgIpc) is 2.52. The van der Waals surface area contributed by atoms with Gasteiger partial charge in [0.05, 0.1) is 10.5 Å². The molecule has 0 saturated carbocycles. The quantitative estimate of drug-likeness (QED) is 0.343. The van der Waals surface area contributed by atoms with E-state index < -0.39 is 11.7 Å². The zero-order valence-corrected chi connectivity index (χ0v) is 17.1. The number of piperidine rings is 1. The van der Waals surface area contributed by atoms with Crippen LogP contribution in [0.1, 0.15) is 50.2 Å². The van der Waals surface area contributed by atoms with Gasteiger partial charge in [-0.15, -0.1) is 17.0 Å². The molecule has 0 bridgehead atoms. The molecule has 1 aromatic carbocycles. The summed E-state index contributed by atoms with van der Waals surface area (Å²) in [5.41, 5.74) is 1.11. The first kappa shape index (κ1) is 21.7. The Kier molecular flexibility index (Phi) is 9.02. The lowest BCUT2D eigenvalue weighted by molar-refractivity contribution is -0.137. The van der Waals surface area contributed by atoms with Gasteiger partial charge in [-0.1, -0.05) is 41.1 Å². The predicted octanol–water partition coefficient (Wildman–Crippen LogP) is 6.67. The molecule has 1 aliphatic heterocycles. The third-order valence-corrected chi connectivity index (χ3v) is 5.25. The van der Waals surface area contributed by atoms with E-state index in [2.05, 4.69) is 20.8 Å². The van der Waals surface area contributed by atoms with Gasteiger partial charge in [-0.25, -0.2) is 0 Å². The van der Waals surface area contributed by atoms with Crippen LogP contribution in [-0.4, -0.2) is 22.9 Å². The van der Waals surface area contributed by atoms with Crippen LogP contribution in [0.3, 0.4) is 0 Å². The Morgan fingerprint density at radius 1 is 1.33 bits per heavy atom. The van der Waals surface area contributed by atoms with Crippen molar-refractivity contribution in [3.05, 3.63) is 41.5 Å². The minimum absolute atomic E-state index is 0. The third kappa shape index (κ3) is 6.19. The fourth-order valence-electron chi connectivity index (χ4n) is 2.97. The molecule has 6 heteroatoms. The Labute approximate surface area is 161 Å². The normalized spacial score (nSPS) is 19.9. The topological polar surface area (TPSA) is 3.24 Å². The number of benzene rings is 1. The molecule has 2 rings (SSSR count). The van der Waals surface area contributed by atoms with E-state index in [4.69, 9.17) is 0 Å². The second-order valence-electron chi connectivity index (χ2n) is 5.93. The highest BCUT2D eigenvalue weighted by Crippen LogP contribution is 2.32. The van der Waals surface area contributed by atoms with E-state index in [9.17, 15) is 13.2 Å². The van der Waals surface area contributed by atoms with Crippen LogP contribution in [0.5, 0.6) is 0 Å². The molecule has 0 N–H and O–H groups in total. The van der Waals surface area contributed by atoms with Crippen molar-refractivity contribution in [1.29, 1.82) is 0 Å². The molecule has 0 amide bonds. The highest BCUT2D eigenvalue weighted by molar-refractivity contribution is 9.09. The van der Waals surface area contributed by atoms with Gasteiger partial charge in [0, 0.05) is 6.54 Å². The SMILES string of the molecule is Br.CCC=C(CCN1CCCCC1Br)c1cccc(C(F)(F)F)c1. The number of hydrogen-bond acceptors (Lipinski definition) is 1. The van der Waals surface area contributed by atoms with Crippen LogP contribution in [0.4, 0.5) is 13.2 Å². The molecular weight excluding hydrogens is 447 g/mol. The molecule has 1 nitrogen and oxygen atoms in total. The lowest BCUT2D eigenvalue weighted by Gasteiger charge is -2.32. The number of allylic oxidation sites excluding steroid dienone is 1. The zero-order chi connectivity index (χ0) is 16.9. The largest absolute Gasteiger partial charge is 0.416 e. The van der Waals surface area contributed by atoms with Crippen LogP contribution in [-0.2, 0) is 6.18 Å². The van der Waals surface area contributed by atoms with Crippen LogP contribution in [0.25, 0.3) is 5.57 Å². The average molecular weight is 471 g/mol. The van der Waals surface area contributed by atoms with Gasteiger partial charge in [-0.05, 0) is 61.9 Å².